The van der Waals surface area contributed by atoms with Gasteiger partial charge in [-0.15, -0.1) is 0 Å². The predicted molar refractivity (Wildman–Crippen MR) is 127 cm³/mol. The van der Waals surface area contributed by atoms with E-state index >= 15 is 0 Å². The minimum absolute atomic E-state index is 0.00129. The largest absolute Gasteiger partial charge is 0.455 e. The Hall–Kier alpha value is -2.61. The van der Waals surface area contributed by atoms with Crippen LogP contribution in [-0.4, -0.2) is 5.97 Å². The smallest absolute Gasteiger partial charge is 0.310 e. The third kappa shape index (κ3) is 2.67. The van der Waals surface area contributed by atoms with Gasteiger partial charge in [0.25, 0.3) is 0 Å². The van der Waals surface area contributed by atoms with Gasteiger partial charge in [-0.1, -0.05) is 62.4 Å². The lowest BCUT2D eigenvalue weighted by Crippen LogP contribution is -2.35. The van der Waals surface area contributed by atoms with Gasteiger partial charge in [0.15, 0.2) is 0 Å². The van der Waals surface area contributed by atoms with E-state index in [9.17, 15) is 4.79 Å². The van der Waals surface area contributed by atoms with Crippen molar-refractivity contribution < 1.29 is 9.53 Å². The molecule has 4 aromatic rings. The number of esters is 1. The monoisotopic (exact) mass is 410 g/mol. The van der Waals surface area contributed by atoms with Crippen molar-refractivity contribution >= 4 is 38.3 Å². The molecule has 2 bridgehead atoms. The summed E-state index contributed by atoms with van der Waals surface area (Å²) >= 11 is 0. The second-order valence-corrected chi connectivity index (χ2v) is 10.6. The summed E-state index contributed by atoms with van der Waals surface area (Å²) in [4.78, 5) is 13.4. The Morgan fingerprint density at radius 1 is 0.871 bits per heavy atom. The minimum atomic E-state index is -0.683. The summed E-state index contributed by atoms with van der Waals surface area (Å²) in [7, 11) is 0. The van der Waals surface area contributed by atoms with Crippen LogP contribution >= 0.6 is 0 Å². The van der Waals surface area contributed by atoms with E-state index in [0.717, 1.165) is 17.9 Å². The summed E-state index contributed by atoms with van der Waals surface area (Å²) in [5, 5.41) is 7.48. The maximum absolute atomic E-state index is 13.4. The van der Waals surface area contributed by atoms with Crippen molar-refractivity contribution in [2.75, 3.05) is 0 Å². The van der Waals surface area contributed by atoms with E-state index in [1.54, 1.807) is 0 Å². The first-order valence-electron chi connectivity index (χ1n) is 11.7. The summed E-state index contributed by atoms with van der Waals surface area (Å²) in [6.07, 6.45) is 2.20. The normalized spacial score (nSPS) is 28.2. The fraction of sp³-hybridized carbons (Fsp3) is 0.414. The molecule has 6 rings (SSSR count). The summed E-state index contributed by atoms with van der Waals surface area (Å²) in [5.41, 5.74) is 0.416. The van der Waals surface area contributed by atoms with Gasteiger partial charge in [0.2, 0.25) is 0 Å². The van der Waals surface area contributed by atoms with E-state index in [4.69, 9.17) is 4.74 Å². The molecule has 0 saturated heterocycles. The van der Waals surface area contributed by atoms with Crippen molar-refractivity contribution in [2.45, 2.75) is 46.1 Å². The Balaban J connectivity index is 1.43. The van der Waals surface area contributed by atoms with E-state index in [1.165, 1.54) is 38.7 Å². The van der Waals surface area contributed by atoms with Crippen LogP contribution in [0.3, 0.4) is 0 Å². The summed E-state index contributed by atoms with van der Waals surface area (Å²) in [5.74, 6) is 2.59. The highest BCUT2D eigenvalue weighted by Gasteiger charge is 2.52. The highest BCUT2D eigenvalue weighted by atomic mass is 16.6. The molecule has 0 spiro atoms. The molecule has 5 unspecified atom stereocenters. The first kappa shape index (κ1) is 19.1. The molecule has 0 aromatic heterocycles. The van der Waals surface area contributed by atoms with Gasteiger partial charge in [-0.3, -0.25) is 4.79 Å². The fourth-order valence-corrected chi connectivity index (χ4v) is 6.85. The van der Waals surface area contributed by atoms with Gasteiger partial charge in [0, 0.05) is 5.56 Å². The number of fused-ring (bicyclic) bond motifs is 2. The molecule has 4 aromatic carbocycles. The number of benzene rings is 4. The molecule has 0 radical (unpaired) electrons. The lowest BCUT2D eigenvalue weighted by atomic mass is 9.75. The van der Waals surface area contributed by atoms with Gasteiger partial charge in [0.1, 0.15) is 5.60 Å². The molecular formula is C29H30O2. The molecule has 2 nitrogen and oxygen atoms in total. The molecule has 0 aliphatic heterocycles. The minimum Gasteiger partial charge on any atom is -0.455 e. The molecule has 5 atom stereocenters. The Kier molecular flexibility index (Phi) is 3.97. The second kappa shape index (κ2) is 6.45. The molecule has 31 heavy (non-hydrogen) atoms. The number of hydrogen-bond acceptors (Lipinski definition) is 2. The van der Waals surface area contributed by atoms with Crippen LogP contribution in [0.4, 0.5) is 0 Å². The Bertz CT molecular complexity index is 1310. The van der Waals surface area contributed by atoms with Gasteiger partial charge in [0.05, 0.1) is 5.92 Å². The van der Waals surface area contributed by atoms with Crippen molar-refractivity contribution in [1.29, 1.82) is 0 Å². The predicted octanol–water partition coefficient (Wildman–Crippen LogP) is 7.29. The van der Waals surface area contributed by atoms with Crippen LogP contribution in [0.1, 0.15) is 46.1 Å². The van der Waals surface area contributed by atoms with Crippen LogP contribution in [-0.2, 0) is 15.1 Å². The molecule has 0 heterocycles. The van der Waals surface area contributed by atoms with E-state index in [0.29, 0.717) is 17.8 Å². The van der Waals surface area contributed by atoms with Crippen LogP contribution < -0.4 is 0 Å². The average Bonchev–Trinajstić information content (AvgIpc) is 3.31. The lowest BCUT2D eigenvalue weighted by molar-refractivity contribution is -0.165. The Morgan fingerprint density at radius 2 is 1.55 bits per heavy atom. The van der Waals surface area contributed by atoms with Gasteiger partial charge >= 0.3 is 5.97 Å². The van der Waals surface area contributed by atoms with Crippen LogP contribution in [0.5, 0.6) is 0 Å². The van der Waals surface area contributed by atoms with Crippen molar-refractivity contribution in [2.24, 2.45) is 29.6 Å². The second-order valence-electron chi connectivity index (χ2n) is 10.6. The molecule has 0 N–H and O–H groups in total. The molecular weight excluding hydrogens is 380 g/mol. The van der Waals surface area contributed by atoms with Crippen LogP contribution in [0.2, 0.25) is 0 Å². The molecule has 2 aliphatic rings. The zero-order chi connectivity index (χ0) is 21.5. The zero-order valence-corrected chi connectivity index (χ0v) is 18.8. The SMILES string of the molecule is CC1C2CC(C(=O)OC(C)(C)c3cc4cccc5ccc6cccc3c6c54)C(C2)C1C. The molecule has 0 amide bonds. The van der Waals surface area contributed by atoms with Gasteiger partial charge in [-0.25, -0.2) is 0 Å². The van der Waals surface area contributed by atoms with Crippen LogP contribution in [0.25, 0.3) is 32.3 Å². The summed E-state index contributed by atoms with van der Waals surface area (Å²) in [6.45, 7) is 8.79. The molecule has 158 valence electrons. The maximum atomic E-state index is 13.4. The lowest BCUT2D eigenvalue weighted by Gasteiger charge is -2.34. The average molecular weight is 411 g/mol. The Labute approximate surface area is 183 Å². The number of rotatable bonds is 3. The Morgan fingerprint density at radius 3 is 2.26 bits per heavy atom. The van der Waals surface area contributed by atoms with Crippen molar-refractivity contribution in [3.8, 4) is 0 Å². The van der Waals surface area contributed by atoms with Gasteiger partial charge in [-0.05, 0) is 88.7 Å². The molecule has 2 aliphatic carbocycles. The zero-order valence-electron chi connectivity index (χ0n) is 18.8. The molecule has 2 heteroatoms. The third-order valence-electron chi connectivity index (χ3n) is 8.71. The first-order valence-corrected chi connectivity index (χ1v) is 11.7. The van der Waals surface area contributed by atoms with Crippen molar-refractivity contribution in [3.63, 3.8) is 0 Å². The van der Waals surface area contributed by atoms with E-state index in [1.807, 2.05) is 0 Å². The molecule has 2 fully saturated rings. The number of carbonyl (C=O) groups excluding carboxylic acids is 1. The van der Waals surface area contributed by atoms with Crippen molar-refractivity contribution in [3.05, 3.63) is 60.2 Å². The van der Waals surface area contributed by atoms with E-state index in [2.05, 4.69) is 82.3 Å². The quantitative estimate of drug-likeness (QED) is 0.262. The first-order chi connectivity index (χ1) is 14.8. The summed E-state index contributed by atoms with van der Waals surface area (Å²) in [6, 6.07) is 19.6. The van der Waals surface area contributed by atoms with Crippen LogP contribution in [0.15, 0.2) is 54.6 Å². The fourth-order valence-electron chi connectivity index (χ4n) is 6.85. The number of carbonyl (C=O) groups is 1. The maximum Gasteiger partial charge on any atom is 0.310 e. The standard InChI is InChI=1S/C29H30O2/c1-16-17(2)23-13-21(16)14-24(23)28(30)31-29(3,4)25-15-20-9-5-7-18-11-12-19-8-6-10-22(25)27(19)26(18)20/h5-12,15-17,21,23-24H,13-14H2,1-4H3. The highest BCUT2D eigenvalue weighted by molar-refractivity contribution is 6.23. The van der Waals surface area contributed by atoms with E-state index in [-0.39, 0.29) is 11.9 Å². The topological polar surface area (TPSA) is 26.3 Å². The van der Waals surface area contributed by atoms with Crippen molar-refractivity contribution in [1.82, 2.24) is 0 Å². The van der Waals surface area contributed by atoms with Gasteiger partial charge < -0.3 is 4.74 Å². The number of hydrogen-bond donors (Lipinski definition) is 0. The van der Waals surface area contributed by atoms with E-state index < -0.39 is 5.60 Å². The van der Waals surface area contributed by atoms with Crippen LogP contribution in [0, 0.1) is 29.6 Å². The summed E-state index contributed by atoms with van der Waals surface area (Å²) < 4.78 is 6.33. The number of ether oxygens (including phenoxy) is 1. The highest BCUT2D eigenvalue weighted by Crippen LogP contribution is 2.55. The molecule has 2 saturated carbocycles. The van der Waals surface area contributed by atoms with Gasteiger partial charge in [-0.2, -0.15) is 0 Å². The third-order valence-corrected chi connectivity index (χ3v) is 8.71.